The third-order valence-corrected chi connectivity index (χ3v) is 3.56. The van der Waals surface area contributed by atoms with Crippen molar-refractivity contribution in [3.8, 4) is 0 Å². The Bertz CT molecular complexity index is 722. The largest absolute Gasteiger partial charge is 0.321 e. The number of aryl methyl sites for hydroxylation is 1. The molecule has 0 saturated carbocycles. The van der Waals surface area contributed by atoms with E-state index in [4.69, 9.17) is 0 Å². The van der Waals surface area contributed by atoms with Crippen molar-refractivity contribution < 1.29 is 9.59 Å². The number of hydrogen-bond donors (Lipinski definition) is 1. The maximum Gasteiger partial charge on any atom is 0.260 e. The Morgan fingerprint density at radius 3 is 2.45 bits per heavy atom. The van der Waals surface area contributed by atoms with Crippen molar-refractivity contribution in [2.75, 3.05) is 17.3 Å². The van der Waals surface area contributed by atoms with Gasteiger partial charge in [0.15, 0.2) is 0 Å². The molecular weight excluding hydrogens is 252 g/mol. The highest BCUT2D eigenvalue weighted by Crippen LogP contribution is 2.29. The summed E-state index contributed by atoms with van der Waals surface area (Å²) in [4.78, 5) is 26.5. The standard InChI is InChI=1S/C16H14N2O2/c1-10-6-5-8-12-14(10)17-15(19)11-7-3-4-9-13(11)18(2)16(12)20/h3-9H,1-2H3,(H,17,19). The second-order valence-corrected chi connectivity index (χ2v) is 4.83. The van der Waals surface area contributed by atoms with Gasteiger partial charge < -0.3 is 10.2 Å². The lowest BCUT2D eigenvalue weighted by Crippen LogP contribution is -2.32. The van der Waals surface area contributed by atoms with Gasteiger partial charge in [0.05, 0.1) is 22.5 Å². The van der Waals surface area contributed by atoms with Crippen molar-refractivity contribution in [2.24, 2.45) is 0 Å². The molecule has 2 amide bonds. The SMILES string of the molecule is Cc1cccc2c1NC(=O)c1ccccc1N(C)C2=O. The molecule has 0 fully saturated rings. The summed E-state index contributed by atoms with van der Waals surface area (Å²) in [7, 11) is 1.69. The molecule has 0 aliphatic carbocycles. The van der Waals surface area contributed by atoms with Gasteiger partial charge in [0, 0.05) is 7.05 Å². The molecule has 0 spiro atoms. The van der Waals surface area contributed by atoms with Crippen molar-refractivity contribution in [2.45, 2.75) is 6.92 Å². The van der Waals surface area contributed by atoms with Gasteiger partial charge in [0.25, 0.3) is 11.8 Å². The zero-order valence-electron chi connectivity index (χ0n) is 11.3. The molecular formula is C16H14N2O2. The van der Waals surface area contributed by atoms with Crippen LogP contribution in [-0.4, -0.2) is 18.9 Å². The maximum atomic E-state index is 12.6. The van der Waals surface area contributed by atoms with E-state index in [1.807, 2.05) is 25.1 Å². The van der Waals surface area contributed by atoms with E-state index in [2.05, 4.69) is 5.32 Å². The number of amides is 2. The maximum absolute atomic E-state index is 12.6. The third kappa shape index (κ3) is 1.77. The molecule has 3 rings (SSSR count). The van der Waals surface area contributed by atoms with Gasteiger partial charge in [-0.05, 0) is 30.7 Å². The fraction of sp³-hybridized carbons (Fsp3) is 0.125. The molecule has 0 radical (unpaired) electrons. The van der Waals surface area contributed by atoms with Gasteiger partial charge in [0.1, 0.15) is 0 Å². The summed E-state index contributed by atoms with van der Waals surface area (Å²) in [5, 5.41) is 2.85. The van der Waals surface area contributed by atoms with Gasteiger partial charge >= 0.3 is 0 Å². The van der Waals surface area contributed by atoms with Crippen molar-refractivity contribution in [3.63, 3.8) is 0 Å². The summed E-state index contributed by atoms with van der Waals surface area (Å²) < 4.78 is 0. The van der Waals surface area contributed by atoms with Gasteiger partial charge in [-0.1, -0.05) is 24.3 Å². The topological polar surface area (TPSA) is 49.4 Å². The van der Waals surface area contributed by atoms with Crippen LogP contribution >= 0.6 is 0 Å². The zero-order chi connectivity index (χ0) is 14.3. The number of benzene rings is 2. The van der Waals surface area contributed by atoms with Gasteiger partial charge in [-0.15, -0.1) is 0 Å². The quantitative estimate of drug-likeness (QED) is 0.797. The van der Waals surface area contributed by atoms with Crippen LogP contribution in [0.25, 0.3) is 0 Å². The van der Waals surface area contributed by atoms with Crippen LogP contribution in [0.1, 0.15) is 26.3 Å². The molecule has 0 unspecified atom stereocenters. The summed E-state index contributed by atoms with van der Waals surface area (Å²) >= 11 is 0. The first-order valence-electron chi connectivity index (χ1n) is 6.37. The van der Waals surface area contributed by atoms with E-state index in [0.29, 0.717) is 22.5 Å². The van der Waals surface area contributed by atoms with Crippen LogP contribution < -0.4 is 10.2 Å². The molecule has 20 heavy (non-hydrogen) atoms. The molecule has 4 nitrogen and oxygen atoms in total. The minimum absolute atomic E-state index is 0.129. The first-order chi connectivity index (χ1) is 9.59. The average molecular weight is 266 g/mol. The highest BCUT2D eigenvalue weighted by molar-refractivity contribution is 6.19. The molecule has 0 bridgehead atoms. The summed E-state index contributed by atoms with van der Waals surface area (Å²) in [5.41, 5.74) is 3.08. The van der Waals surface area contributed by atoms with E-state index in [9.17, 15) is 9.59 Å². The highest BCUT2D eigenvalue weighted by atomic mass is 16.2. The minimum Gasteiger partial charge on any atom is -0.321 e. The molecule has 2 aromatic rings. The lowest BCUT2D eigenvalue weighted by Gasteiger charge is -2.25. The van der Waals surface area contributed by atoms with Gasteiger partial charge in [-0.2, -0.15) is 0 Å². The van der Waals surface area contributed by atoms with E-state index in [-0.39, 0.29) is 11.8 Å². The Hall–Kier alpha value is -2.62. The first kappa shape index (κ1) is 12.4. The number of rotatable bonds is 0. The lowest BCUT2D eigenvalue weighted by molar-refractivity contribution is 0.0990. The zero-order valence-corrected chi connectivity index (χ0v) is 11.3. The van der Waals surface area contributed by atoms with Crippen LogP contribution in [0.5, 0.6) is 0 Å². The van der Waals surface area contributed by atoms with E-state index in [0.717, 1.165) is 5.56 Å². The minimum atomic E-state index is -0.199. The van der Waals surface area contributed by atoms with Gasteiger partial charge in [0.2, 0.25) is 0 Å². The average Bonchev–Trinajstić information content (AvgIpc) is 2.47. The number of nitrogens with zero attached hydrogens (tertiary/aromatic N) is 1. The summed E-state index contributed by atoms with van der Waals surface area (Å²) in [6.45, 7) is 1.87. The lowest BCUT2D eigenvalue weighted by atomic mass is 10.0. The Morgan fingerprint density at radius 1 is 0.950 bits per heavy atom. The fourth-order valence-corrected chi connectivity index (χ4v) is 2.44. The monoisotopic (exact) mass is 266 g/mol. The summed E-state index contributed by atoms with van der Waals surface area (Å²) in [6.07, 6.45) is 0. The molecule has 100 valence electrons. The number of para-hydroxylation sites is 2. The van der Waals surface area contributed by atoms with Crippen LogP contribution in [0.15, 0.2) is 42.5 Å². The predicted octanol–water partition coefficient (Wildman–Crippen LogP) is 2.84. The molecule has 4 heteroatoms. The Labute approximate surface area is 117 Å². The van der Waals surface area contributed by atoms with Crippen LogP contribution in [0.4, 0.5) is 11.4 Å². The highest BCUT2D eigenvalue weighted by Gasteiger charge is 2.26. The van der Waals surface area contributed by atoms with Crippen molar-refractivity contribution in [1.29, 1.82) is 0 Å². The molecule has 1 N–H and O–H groups in total. The predicted molar refractivity (Wildman–Crippen MR) is 78.3 cm³/mol. The molecule has 0 saturated heterocycles. The summed E-state index contributed by atoms with van der Waals surface area (Å²) in [6, 6.07) is 12.5. The number of nitrogens with one attached hydrogen (secondary N) is 1. The third-order valence-electron chi connectivity index (χ3n) is 3.56. The van der Waals surface area contributed by atoms with Crippen LogP contribution in [0.2, 0.25) is 0 Å². The molecule has 0 aromatic heterocycles. The molecule has 2 aromatic carbocycles. The van der Waals surface area contributed by atoms with Crippen molar-refractivity contribution >= 4 is 23.2 Å². The van der Waals surface area contributed by atoms with Crippen LogP contribution in [-0.2, 0) is 0 Å². The second kappa shape index (κ2) is 4.49. The van der Waals surface area contributed by atoms with Crippen LogP contribution in [0, 0.1) is 6.92 Å². The van der Waals surface area contributed by atoms with Crippen molar-refractivity contribution in [3.05, 3.63) is 59.2 Å². The Balaban J connectivity index is 2.25. The molecule has 1 heterocycles. The number of carbonyl (C=O) groups is 2. The first-order valence-corrected chi connectivity index (χ1v) is 6.37. The number of fused-ring (bicyclic) bond motifs is 2. The smallest absolute Gasteiger partial charge is 0.260 e. The second-order valence-electron chi connectivity index (χ2n) is 4.83. The Morgan fingerprint density at radius 2 is 1.65 bits per heavy atom. The number of hydrogen-bond acceptors (Lipinski definition) is 2. The number of carbonyl (C=O) groups excluding carboxylic acids is 2. The molecule has 0 atom stereocenters. The summed E-state index contributed by atoms with van der Waals surface area (Å²) in [5.74, 6) is -0.327. The van der Waals surface area contributed by atoms with E-state index < -0.39 is 0 Å². The van der Waals surface area contributed by atoms with Gasteiger partial charge in [-0.3, -0.25) is 9.59 Å². The van der Waals surface area contributed by atoms with Gasteiger partial charge in [-0.25, -0.2) is 0 Å². The van der Waals surface area contributed by atoms with E-state index >= 15 is 0 Å². The molecule has 1 aliphatic rings. The normalized spacial score (nSPS) is 14.0. The Kier molecular flexibility index (Phi) is 2.79. The fourth-order valence-electron chi connectivity index (χ4n) is 2.44. The number of anilines is 2. The van der Waals surface area contributed by atoms with E-state index in [1.165, 1.54) is 4.90 Å². The van der Waals surface area contributed by atoms with Crippen LogP contribution in [0.3, 0.4) is 0 Å². The van der Waals surface area contributed by atoms with Crippen molar-refractivity contribution in [1.82, 2.24) is 0 Å². The van der Waals surface area contributed by atoms with E-state index in [1.54, 1.807) is 31.3 Å². The molecule has 1 aliphatic heterocycles.